The van der Waals surface area contributed by atoms with E-state index in [0.717, 1.165) is 37.7 Å². The number of carbonyl (C=O) groups excluding carboxylic acids is 2. The molecular formula is C30H50O4. The molecule has 0 spiro atoms. The second-order valence-corrected chi connectivity index (χ2v) is 10.0. The largest absolute Gasteiger partial charge is 0.423 e. The predicted octanol–water partition coefficient (Wildman–Crippen LogP) is 8.98. The number of ether oxygens (including phenoxy) is 2. The van der Waals surface area contributed by atoms with Crippen LogP contribution in [0.1, 0.15) is 136 Å². The van der Waals surface area contributed by atoms with Crippen LogP contribution in [0.2, 0.25) is 0 Å². The molecule has 0 radical (unpaired) electrons. The van der Waals surface area contributed by atoms with E-state index in [1.165, 1.54) is 64.2 Å². The maximum absolute atomic E-state index is 12.6. The molecule has 4 heteroatoms. The molecule has 0 atom stereocenters. The van der Waals surface area contributed by atoms with Gasteiger partial charge >= 0.3 is 11.9 Å². The van der Waals surface area contributed by atoms with Gasteiger partial charge in [-0.05, 0) is 36.8 Å². The van der Waals surface area contributed by atoms with Gasteiger partial charge in [0.15, 0.2) is 11.5 Å². The van der Waals surface area contributed by atoms with Crippen LogP contribution in [0.15, 0.2) is 18.2 Å². The summed E-state index contributed by atoms with van der Waals surface area (Å²) in [4.78, 5) is 25.1. The number of para-hydroxylation sites is 1. The number of carbonyl (C=O) groups is 2. The quantitative estimate of drug-likeness (QED) is 0.107. The van der Waals surface area contributed by atoms with Crippen molar-refractivity contribution >= 4 is 11.9 Å². The zero-order valence-electron chi connectivity index (χ0n) is 22.5. The van der Waals surface area contributed by atoms with Gasteiger partial charge in [0.25, 0.3) is 0 Å². The normalized spacial score (nSPS) is 11.1. The van der Waals surface area contributed by atoms with Crippen molar-refractivity contribution in [3.8, 4) is 11.5 Å². The molecule has 0 aliphatic heterocycles. The molecule has 4 nitrogen and oxygen atoms in total. The van der Waals surface area contributed by atoms with Gasteiger partial charge in [-0.1, -0.05) is 117 Å². The Bertz CT molecular complexity index is 680. The minimum Gasteiger partial charge on any atom is -0.423 e. The van der Waals surface area contributed by atoms with Gasteiger partial charge in [-0.2, -0.15) is 0 Å². The smallest absolute Gasteiger partial charge is 0.311 e. The van der Waals surface area contributed by atoms with Crippen LogP contribution in [-0.2, 0) is 16.0 Å². The van der Waals surface area contributed by atoms with Crippen molar-refractivity contribution in [2.75, 3.05) is 0 Å². The van der Waals surface area contributed by atoms with E-state index < -0.39 is 0 Å². The Kier molecular flexibility index (Phi) is 17.3. The Labute approximate surface area is 209 Å². The first-order valence-corrected chi connectivity index (χ1v) is 14.0. The average molecular weight is 475 g/mol. The molecule has 0 unspecified atom stereocenters. The van der Waals surface area contributed by atoms with Gasteiger partial charge in [0.1, 0.15) is 0 Å². The Morgan fingerprint density at radius 2 is 1.15 bits per heavy atom. The molecule has 0 saturated heterocycles. The van der Waals surface area contributed by atoms with Crippen LogP contribution >= 0.6 is 0 Å². The van der Waals surface area contributed by atoms with Crippen LogP contribution in [0, 0.1) is 5.92 Å². The zero-order valence-corrected chi connectivity index (χ0v) is 22.5. The second-order valence-electron chi connectivity index (χ2n) is 10.0. The lowest BCUT2D eigenvalue weighted by atomic mass is 10.0. The fourth-order valence-corrected chi connectivity index (χ4v) is 4.15. The standard InChI is InChI=1S/C30H50O4/c1-5-7-9-11-13-15-17-22-28(31)33-27-21-19-20-26(24-25(3)4)30(27)34-29(32)23-18-16-14-12-10-8-6-2/h19-21,25H,5-18,22-24H2,1-4H3. The summed E-state index contributed by atoms with van der Waals surface area (Å²) in [6.07, 6.45) is 17.7. The topological polar surface area (TPSA) is 52.6 Å². The summed E-state index contributed by atoms with van der Waals surface area (Å²) in [7, 11) is 0. The third kappa shape index (κ3) is 14.4. The third-order valence-electron chi connectivity index (χ3n) is 6.10. The van der Waals surface area contributed by atoms with Gasteiger partial charge in [0.05, 0.1) is 0 Å². The van der Waals surface area contributed by atoms with Crippen molar-refractivity contribution < 1.29 is 19.1 Å². The molecule has 0 N–H and O–H groups in total. The Hall–Kier alpha value is -1.84. The summed E-state index contributed by atoms with van der Waals surface area (Å²) >= 11 is 0. The highest BCUT2D eigenvalue weighted by Crippen LogP contribution is 2.34. The summed E-state index contributed by atoms with van der Waals surface area (Å²) < 4.78 is 11.5. The monoisotopic (exact) mass is 474 g/mol. The first-order valence-electron chi connectivity index (χ1n) is 14.0. The Morgan fingerprint density at radius 1 is 0.676 bits per heavy atom. The van der Waals surface area contributed by atoms with Gasteiger partial charge < -0.3 is 9.47 Å². The number of hydrogen-bond donors (Lipinski definition) is 0. The van der Waals surface area contributed by atoms with Gasteiger partial charge in [-0.3, -0.25) is 9.59 Å². The third-order valence-corrected chi connectivity index (χ3v) is 6.10. The van der Waals surface area contributed by atoms with E-state index in [1.54, 1.807) is 6.07 Å². The number of rotatable bonds is 20. The summed E-state index contributed by atoms with van der Waals surface area (Å²) in [6.45, 7) is 8.69. The first kappa shape index (κ1) is 30.2. The molecule has 0 amide bonds. The van der Waals surface area contributed by atoms with Crippen molar-refractivity contribution in [3.05, 3.63) is 23.8 Å². The van der Waals surface area contributed by atoms with Gasteiger partial charge in [0, 0.05) is 12.8 Å². The van der Waals surface area contributed by atoms with Crippen LogP contribution in [0.4, 0.5) is 0 Å². The van der Waals surface area contributed by atoms with E-state index in [9.17, 15) is 9.59 Å². The number of unbranched alkanes of at least 4 members (excludes halogenated alkanes) is 12. The second kappa shape index (κ2) is 19.5. The maximum atomic E-state index is 12.6. The van der Waals surface area contributed by atoms with Crippen molar-refractivity contribution in [2.24, 2.45) is 5.92 Å². The molecule has 0 heterocycles. The highest BCUT2D eigenvalue weighted by Gasteiger charge is 2.18. The fraction of sp³-hybridized carbons (Fsp3) is 0.733. The zero-order chi connectivity index (χ0) is 25.0. The molecule has 0 fully saturated rings. The molecule has 0 aliphatic carbocycles. The lowest BCUT2D eigenvalue weighted by molar-refractivity contribution is -0.137. The SMILES string of the molecule is CCCCCCCCCC(=O)Oc1cccc(CC(C)C)c1OC(=O)CCCCCCCCC. The molecule has 0 aromatic heterocycles. The van der Waals surface area contributed by atoms with E-state index in [-0.39, 0.29) is 11.9 Å². The molecule has 1 aromatic carbocycles. The first-order chi connectivity index (χ1) is 16.5. The van der Waals surface area contributed by atoms with Gasteiger partial charge in [0.2, 0.25) is 0 Å². The van der Waals surface area contributed by atoms with E-state index in [1.807, 2.05) is 12.1 Å². The van der Waals surface area contributed by atoms with Crippen LogP contribution in [0.3, 0.4) is 0 Å². The number of hydrogen-bond acceptors (Lipinski definition) is 4. The Balaban J connectivity index is 2.59. The molecule has 0 saturated carbocycles. The maximum Gasteiger partial charge on any atom is 0.311 e. The molecule has 34 heavy (non-hydrogen) atoms. The average Bonchev–Trinajstić information content (AvgIpc) is 2.79. The summed E-state index contributed by atoms with van der Waals surface area (Å²) in [5.74, 6) is 0.712. The van der Waals surface area contributed by atoms with Crippen LogP contribution < -0.4 is 9.47 Å². The molecule has 1 rings (SSSR count). The van der Waals surface area contributed by atoms with E-state index >= 15 is 0 Å². The minimum atomic E-state index is -0.250. The number of esters is 2. The molecule has 0 bridgehead atoms. The van der Waals surface area contributed by atoms with E-state index in [2.05, 4.69) is 27.7 Å². The predicted molar refractivity (Wildman–Crippen MR) is 141 cm³/mol. The van der Waals surface area contributed by atoms with Crippen LogP contribution in [-0.4, -0.2) is 11.9 Å². The van der Waals surface area contributed by atoms with Gasteiger partial charge in [-0.15, -0.1) is 0 Å². The molecule has 194 valence electrons. The van der Waals surface area contributed by atoms with E-state index in [4.69, 9.17) is 9.47 Å². The summed E-state index contributed by atoms with van der Waals surface area (Å²) in [5.41, 5.74) is 0.920. The summed E-state index contributed by atoms with van der Waals surface area (Å²) in [5, 5.41) is 0. The lowest BCUT2D eigenvalue weighted by Crippen LogP contribution is -2.14. The highest BCUT2D eigenvalue weighted by atomic mass is 16.6. The fourth-order valence-electron chi connectivity index (χ4n) is 4.15. The van der Waals surface area contributed by atoms with Gasteiger partial charge in [-0.25, -0.2) is 0 Å². The molecular weight excluding hydrogens is 424 g/mol. The molecule has 1 aromatic rings. The van der Waals surface area contributed by atoms with Crippen LogP contribution in [0.25, 0.3) is 0 Å². The minimum absolute atomic E-state index is 0.242. The van der Waals surface area contributed by atoms with Crippen LogP contribution in [0.5, 0.6) is 11.5 Å². The van der Waals surface area contributed by atoms with Crippen molar-refractivity contribution in [3.63, 3.8) is 0 Å². The van der Waals surface area contributed by atoms with E-state index in [0.29, 0.717) is 30.3 Å². The lowest BCUT2D eigenvalue weighted by Gasteiger charge is -2.16. The summed E-state index contributed by atoms with van der Waals surface area (Å²) in [6, 6.07) is 5.58. The Morgan fingerprint density at radius 3 is 1.65 bits per heavy atom. The van der Waals surface area contributed by atoms with Crippen molar-refractivity contribution in [2.45, 2.75) is 137 Å². The van der Waals surface area contributed by atoms with Crippen molar-refractivity contribution in [1.29, 1.82) is 0 Å². The highest BCUT2D eigenvalue weighted by molar-refractivity contribution is 5.76. The number of benzene rings is 1. The van der Waals surface area contributed by atoms with Crippen molar-refractivity contribution in [1.82, 2.24) is 0 Å². The molecule has 0 aliphatic rings.